The number of nitrogens with zero attached hydrogens (tertiary/aromatic N) is 2. The van der Waals surface area contributed by atoms with E-state index in [9.17, 15) is 0 Å². The predicted molar refractivity (Wildman–Crippen MR) is 69.6 cm³/mol. The van der Waals surface area contributed by atoms with Gasteiger partial charge in [-0.1, -0.05) is 19.8 Å². The van der Waals surface area contributed by atoms with Gasteiger partial charge in [0.15, 0.2) is 0 Å². The second kappa shape index (κ2) is 6.37. The molecule has 0 radical (unpaired) electrons. The Morgan fingerprint density at radius 2 is 2.06 bits per heavy atom. The van der Waals surface area contributed by atoms with E-state index >= 15 is 0 Å². The lowest BCUT2D eigenvalue weighted by molar-refractivity contribution is 0.161. The van der Waals surface area contributed by atoms with Crippen LogP contribution in [0.4, 0.5) is 0 Å². The molecule has 3 heteroatoms. The van der Waals surface area contributed by atoms with Crippen molar-refractivity contribution >= 4 is 0 Å². The standard InChI is InChI=1S/C14H25N3/c1-12-8-14(11-17(10-12)7-6-15)16-9-13-4-2-3-5-13/h12-14,16H,2-5,7-11H2,1H3. The molecule has 1 saturated heterocycles. The second-order valence-electron chi connectivity index (χ2n) is 5.95. The van der Waals surface area contributed by atoms with Crippen molar-refractivity contribution in [1.82, 2.24) is 10.2 Å². The van der Waals surface area contributed by atoms with Gasteiger partial charge in [0.25, 0.3) is 0 Å². The Hall–Kier alpha value is -0.590. The van der Waals surface area contributed by atoms with Gasteiger partial charge in [-0.2, -0.15) is 5.26 Å². The zero-order valence-electron chi connectivity index (χ0n) is 11.0. The lowest BCUT2D eigenvalue weighted by atomic mass is 9.95. The third kappa shape index (κ3) is 3.97. The van der Waals surface area contributed by atoms with Crippen LogP contribution in [0.25, 0.3) is 0 Å². The first-order valence-electron chi connectivity index (χ1n) is 7.10. The van der Waals surface area contributed by atoms with E-state index in [1.807, 2.05) is 0 Å². The minimum absolute atomic E-state index is 0.589. The molecule has 1 aliphatic heterocycles. The molecule has 96 valence electrons. The van der Waals surface area contributed by atoms with E-state index < -0.39 is 0 Å². The molecule has 17 heavy (non-hydrogen) atoms. The number of rotatable bonds is 4. The summed E-state index contributed by atoms with van der Waals surface area (Å²) in [6, 6.07) is 2.88. The topological polar surface area (TPSA) is 39.1 Å². The molecule has 2 aliphatic rings. The summed E-state index contributed by atoms with van der Waals surface area (Å²) in [7, 11) is 0. The highest BCUT2D eigenvalue weighted by Gasteiger charge is 2.25. The highest BCUT2D eigenvalue weighted by molar-refractivity contribution is 4.87. The molecule has 2 rings (SSSR count). The van der Waals surface area contributed by atoms with Gasteiger partial charge in [0.1, 0.15) is 0 Å². The van der Waals surface area contributed by atoms with Crippen molar-refractivity contribution in [1.29, 1.82) is 5.26 Å². The fourth-order valence-electron chi connectivity index (χ4n) is 3.39. The lowest BCUT2D eigenvalue weighted by Crippen LogP contribution is -2.49. The van der Waals surface area contributed by atoms with Crippen molar-refractivity contribution in [2.24, 2.45) is 11.8 Å². The zero-order valence-corrected chi connectivity index (χ0v) is 11.0. The van der Waals surface area contributed by atoms with Gasteiger partial charge >= 0.3 is 0 Å². The van der Waals surface area contributed by atoms with Gasteiger partial charge in [-0.05, 0) is 37.6 Å². The maximum Gasteiger partial charge on any atom is 0.0866 e. The van der Waals surface area contributed by atoms with Crippen molar-refractivity contribution in [2.75, 3.05) is 26.2 Å². The van der Waals surface area contributed by atoms with Crippen molar-refractivity contribution in [3.05, 3.63) is 0 Å². The quantitative estimate of drug-likeness (QED) is 0.758. The maximum absolute atomic E-state index is 8.78. The summed E-state index contributed by atoms with van der Waals surface area (Å²) in [6.45, 7) is 6.23. The molecular formula is C14H25N3. The molecule has 3 nitrogen and oxygen atoms in total. The Balaban J connectivity index is 1.73. The number of nitriles is 1. The summed E-state index contributed by atoms with van der Waals surface area (Å²) < 4.78 is 0. The van der Waals surface area contributed by atoms with Crippen LogP contribution in [0.3, 0.4) is 0 Å². The summed E-state index contributed by atoms with van der Waals surface area (Å²) in [6.07, 6.45) is 6.95. The van der Waals surface area contributed by atoms with Gasteiger partial charge in [0, 0.05) is 19.1 Å². The van der Waals surface area contributed by atoms with Crippen LogP contribution < -0.4 is 5.32 Å². The van der Waals surface area contributed by atoms with Gasteiger partial charge in [-0.25, -0.2) is 0 Å². The van der Waals surface area contributed by atoms with Crippen molar-refractivity contribution in [2.45, 2.75) is 45.1 Å². The predicted octanol–water partition coefficient (Wildman–Crippen LogP) is 2.00. The molecular weight excluding hydrogens is 210 g/mol. The summed E-state index contributed by atoms with van der Waals surface area (Å²) in [4.78, 5) is 2.29. The zero-order chi connectivity index (χ0) is 12.1. The highest BCUT2D eigenvalue weighted by atomic mass is 15.2. The van der Waals surface area contributed by atoms with Crippen molar-refractivity contribution < 1.29 is 0 Å². The van der Waals surface area contributed by atoms with E-state index in [0.29, 0.717) is 12.6 Å². The van der Waals surface area contributed by atoms with Crippen molar-refractivity contribution in [3.8, 4) is 6.07 Å². The largest absolute Gasteiger partial charge is 0.312 e. The molecule has 0 aromatic carbocycles. The maximum atomic E-state index is 8.78. The fourth-order valence-corrected chi connectivity index (χ4v) is 3.39. The van der Waals surface area contributed by atoms with E-state index in [2.05, 4.69) is 23.2 Å². The van der Waals surface area contributed by atoms with Crippen LogP contribution >= 0.6 is 0 Å². The van der Waals surface area contributed by atoms with Gasteiger partial charge < -0.3 is 5.32 Å². The Bertz CT molecular complexity index is 265. The molecule has 2 unspecified atom stereocenters. The molecule has 1 aliphatic carbocycles. The number of hydrogen-bond acceptors (Lipinski definition) is 3. The summed E-state index contributed by atoms with van der Waals surface area (Å²) in [5, 5.41) is 12.5. The Morgan fingerprint density at radius 1 is 1.29 bits per heavy atom. The molecule has 1 heterocycles. The number of hydrogen-bond donors (Lipinski definition) is 1. The average molecular weight is 235 g/mol. The first-order chi connectivity index (χ1) is 8.28. The average Bonchev–Trinajstić information content (AvgIpc) is 2.79. The van der Waals surface area contributed by atoms with Crippen LogP contribution in [-0.4, -0.2) is 37.1 Å². The van der Waals surface area contributed by atoms with Crippen LogP contribution in [-0.2, 0) is 0 Å². The number of likely N-dealkylation sites (tertiary alicyclic amines) is 1. The minimum Gasteiger partial charge on any atom is -0.312 e. The molecule has 0 bridgehead atoms. The minimum atomic E-state index is 0.589. The molecule has 1 saturated carbocycles. The Morgan fingerprint density at radius 3 is 2.76 bits per heavy atom. The van der Waals surface area contributed by atoms with E-state index in [0.717, 1.165) is 24.9 Å². The monoisotopic (exact) mass is 235 g/mol. The third-order valence-electron chi connectivity index (χ3n) is 4.20. The van der Waals surface area contributed by atoms with Crippen LogP contribution in [0.1, 0.15) is 39.0 Å². The molecule has 1 N–H and O–H groups in total. The molecule has 0 aromatic heterocycles. The van der Waals surface area contributed by atoms with Crippen LogP contribution in [0.2, 0.25) is 0 Å². The van der Waals surface area contributed by atoms with E-state index in [-0.39, 0.29) is 0 Å². The van der Waals surface area contributed by atoms with Crippen LogP contribution in [0, 0.1) is 23.2 Å². The van der Waals surface area contributed by atoms with Gasteiger partial charge in [-0.3, -0.25) is 4.90 Å². The highest BCUT2D eigenvalue weighted by Crippen LogP contribution is 2.24. The summed E-state index contributed by atoms with van der Waals surface area (Å²) in [5.41, 5.74) is 0. The smallest absolute Gasteiger partial charge is 0.0866 e. The second-order valence-corrected chi connectivity index (χ2v) is 5.95. The first kappa shape index (κ1) is 12.9. The van der Waals surface area contributed by atoms with E-state index in [1.54, 1.807) is 0 Å². The third-order valence-corrected chi connectivity index (χ3v) is 4.20. The van der Waals surface area contributed by atoms with E-state index in [1.165, 1.54) is 38.6 Å². The lowest BCUT2D eigenvalue weighted by Gasteiger charge is -2.36. The first-order valence-corrected chi connectivity index (χ1v) is 7.10. The van der Waals surface area contributed by atoms with Crippen molar-refractivity contribution in [3.63, 3.8) is 0 Å². The number of nitrogens with one attached hydrogen (secondary N) is 1. The Kier molecular flexibility index (Phi) is 4.82. The molecule has 0 amide bonds. The fraction of sp³-hybridized carbons (Fsp3) is 0.929. The van der Waals surface area contributed by atoms with Crippen LogP contribution in [0.5, 0.6) is 0 Å². The molecule has 2 fully saturated rings. The SMILES string of the molecule is CC1CC(NCC2CCCC2)CN(CC#N)C1. The van der Waals surface area contributed by atoms with Gasteiger partial charge in [0.05, 0.1) is 12.6 Å². The molecule has 2 atom stereocenters. The van der Waals surface area contributed by atoms with Gasteiger partial charge in [0.2, 0.25) is 0 Å². The summed E-state index contributed by atoms with van der Waals surface area (Å²) in [5.74, 6) is 1.63. The normalized spacial score (nSPS) is 31.5. The summed E-state index contributed by atoms with van der Waals surface area (Å²) >= 11 is 0. The van der Waals surface area contributed by atoms with Gasteiger partial charge in [-0.15, -0.1) is 0 Å². The van der Waals surface area contributed by atoms with E-state index in [4.69, 9.17) is 5.26 Å². The Labute approximate surface area is 105 Å². The number of piperidine rings is 1. The molecule has 0 spiro atoms. The molecule has 0 aromatic rings. The van der Waals surface area contributed by atoms with Crippen LogP contribution in [0.15, 0.2) is 0 Å².